The Morgan fingerprint density at radius 3 is 2.70 bits per heavy atom. The number of aliphatic hydroxyl groups excluding tert-OH is 1. The lowest BCUT2D eigenvalue weighted by molar-refractivity contribution is -0.145. The lowest BCUT2D eigenvalue weighted by Gasteiger charge is -2.30. The second kappa shape index (κ2) is 12.7. The number of likely N-dealkylation sites (tertiary alicyclic amines) is 1. The van der Waals surface area contributed by atoms with E-state index in [-0.39, 0.29) is 36.9 Å². The summed E-state index contributed by atoms with van der Waals surface area (Å²) in [5.74, 6) is -0.321. The molecule has 2 fully saturated rings. The molecule has 2 aliphatic heterocycles. The molecule has 0 bridgehead atoms. The number of allylic oxidation sites excluding steroid dienone is 3. The van der Waals surface area contributed by atoms with Crippen molar-refractivity contribution < 1.29 is 24.5 Å². The predicted octanol–water partition coefficient (Wildman–Crippen LogP) is 3.80. The SMILES string of the molecule is CCCCN(CCCO)C(=O)CN1C[C@H](C2C=C3CCOC3=CC2)[C@@H](C(=O)O)[C@@H]1Cc1ccccc1C. The van der Waals surface area contributed by atoms with Crippen molar-refractivity contribution in [2.24, 2.45) is 17.8 Å². The third-order valence-electron chi connectivity index (χ3n) is 8.31. The van der Waals surface area contributed by atoms with Gasteiger partial charge < -0.3 is 19.8 Å². The standard InChI is InChI=1S/C30H42N2O5/c1-3-4-13-31(14-7-15-33)28(34)20-32-19-25(23-10-11-27-24(17-23)12-16-37-27)29(30(35)36)26(32)18-22-9-6-5-8-21(22)2/h5-6,8-9,11,17,23,25-26,29,33H,3-4,7,10,12-16,18-20H2,1-2H3,(H,35,36)/t23?,25-,26+,29-/m1/s1. The van der Waals surface area contributed by atoms with Gasteiger partial charge in [0.15, 0.2) is 0 Å². The molecule has 7 nitrogen and oxygen atoms in total. The molecule has 2 N–H and O–H groups in total. The number of benzene rings is 1. The summed E-state index contributed by atoms with van der Waals surface area (Å²) in [5.41, 5.74) is 3.47. The van der Waals surface area contributed by atoms with Gasteiger partial charge in [0.25, 0.3) is 0 Å². The highest BCUT2D eigenvalue weighted by molar-refractivity contribution is 5.79. The average molecular weight is 511 g/mol. The van der Waals surface area contributed by atoms with Gasteiger partial charge in [-0.15, -0.1) is 0 Å². The number of rotatable bonds is 12. The number of ether oxygens (including phenoxy) is 1. The number of carboxylic acid groups (broad SMARTS) is 1. The van der Waals surface area contributed by atoms with Crippen LogP contribution in [0, 0.1) is 24.7 Å². The summed E-state index contributed by atoms with van der Waals surface area (Å²) in [5, 5.41) is 19.8. The van der Waals surface area contributed by atoms with Crippen molar-refractivity contribution in [2.45, 2.75) is 58.4 Å². The maximum absolute atomic E-state index is 13.5. The van der Waals surface area contributed by atoms with Gasteiger partial charge in [-0.1, -0.05) is 43.7 Å². The second-order valence-corrected chi connectivity index (χ2v) is 10.7. The van der Waals surface area contributed by atoms with Crippen LogP contribution in [0.2, 0.25) is 0 Å². The number of amides is 1. The molecule has 0 saturated carbocycles. The molecular formula is C30H42N2O5. The topological polar surface area (TPSA) is 90.3 Å². The maximum atomic E-state index is 13.5. The molecule has 4 atom stereocenters. The Kier molecular flexibility index (Phi) is 9.43. The largest absolute Gasteiger partial charge is 0.493 e. The summed E-state index contributed by atoms with van der Waals surface area (Å²) >= 11 is 0. The number of carbonyl (C=O) groups excluding carboxylic acids is 1. The fraction of sp³-hybridized carbons (Fsp3) is 0.600. The van der Waals surface area contributed by atoms with Crippen LogP contribution in [0.15, 0.2) is 47.7 Å². The summed E-state index contributed by atoms with van der Waals surface area (Å²) in [6, 6.07) is 7.87. The summed E-state index contributed by atoms with van der Waals surface area (Å²) in [7, 11) is 0. The van der Waals surface area contributed by atoms with Crippen LogP contribution in [0.1, 0.15) is 50.2 Å². The molecule has 1 aliphatic carbocycles. The highest BCUT2D eigenvalue weighted by Gasteiger charge is 2.49. The number of nitrogens with zero attached hydrogens (tertiary/aromatic N) is 2. The number of carboxylic acids is 1. The quantitative estimate of drug-likeness (QED) is 0.445. The van der Waals surface area contributed by atoms with E-state index in [0.717, 1.165) is 42.6 Å². The molecule has 2 saturated heterocycles. The highest BCUT2D eigenvalue weighted by Crippen LogP contribution is 2.43. The third-order valence-corrected chi connectivity index (χ3v) is 8.31. The average Bonchev–Trinajstić information content (AvgIpc) is 3.49. The first-order chi connectivity index (χ1) is 17.9. The minimum Gasteiger partial charge on any atom is -0.493 e. The molecule has 0 aromatic heterocycles. The minimum absolute atomic E-state index is 0.0230. The number of aliphatic carboxylic acids is 1. The Labute approximate surface area is 220 Å². The van der Waals surface area contributed by atoms with Gasteiger partial charge in [0.2, 0.25) is 5.91 Å². The molecule has 4 rings (SSSR count). The number of unbranched alkanes of at least 4 members (excludes halogenated alkanes) is 1. The van der Waals surface area contributed by atoms with Crippen LogP contribution in [-0.4, -0.2) is 77.3 Å². The van der Waals surface area contributed by atoms with Crippen LogP contribution in [0.5, 0.6) is 0 Å². The first-order valence-corrected chi connectivity index (χ1v) is 13.9. The number of carbonyl (C=O) groups is 2. The van der Waals surface area contributed by atoms with Crippen LogP contribution in [0.4, 0.5) is 0 Å². The monoisotopic (exact) mass is 510 g/mol. The van der Waals surface area contributed by atoms with E-state index in [2.05, 4.69) is 43.0 Å². The van der Waals surface area contributed by atoms with Crippen LogP contribution in [0.3, 0.4) is 0 Å². The number of aryl methyl sites for hydroxylation is 1. The van der Waals surface area contributed by atoms with E-state index in [0.29, 0.717) is 39.1 Å². The van der Waals surface area contributed by atoms with E-state index >= 15 is 0 Å². The number of fused-ring (bicyclic) bond motifs is 1. The number of aliphatic hydroxyl groups is 1. The molecular weight excluding hydrogens is 468 g/mol. The van der Waals surface area contributed by atoms with Crippen molar-refractivity contribution in [3.05, 3.63) is 58.9 Å². The molecule has 202 valence electrons. The highest BCUT2D eigenvalue weighted by atomic mass is 16.5. The first kappa shape index (κ1) is 27.4. The molecule has 37 heavy (non-hydrogen) atoms. The predicted molar refractivity (Wildman–Crippen MR) is 143 cm³/mol. The van der Waals surface area contributed by atoms with Gasteiger partial charge in [-0.3, -0.25) is 14.5 Å². The molecule has 1 aromatic rings. The lowest BCUT2D eigenvalue weighted by atomic mass is 9.76. The van der Waals surface area contributed by atoms with Crippen molar-refractivity contribution >= 4 is 11.9 Å². The summed E-state index contributed by atoms with van der Waals surface area (Å²) < 4.78 is 5.72. The zero-order valence-corrected chi connectivity index (χ0v) is 22.3. The summed E-state index contributed by atoms with van der Waals surface area (Å²) in [6.45, 7) is 6.89. The normalized spacial score (nSPS) is 25.3. The maximum Gasteiger partial charge on any atom is 0.308 e. The number of hydrogen-bond acceptors (Lipinski definition) is 5. The number of hydrogen-bond donors (Lipinski definition) is 2. The minimum atomic E-state index is -0.780. The van der Waals surface area contributed by atoms with E-state index < -0.39 is 11.9 Å². The van der Waals surface area contributed by atoms with E-state index in [1.54, 1.807) is 0 Å². The summed E-state index contributed by atoms with van der Waals surface area (Å²) in [4.78, 5) is 30.3. The Hall–Kier alpha value is -2.64. The molecule has 1 unspecified atom stereocenters. The van der Waals surface area contributed by atoms with Crippen molar-refractivity contribution in [2.75, 3.05) is 39.4 Å². The van der Waals surface area contributed by atoms with Crippen LogP contribution in [-0.2, 0) is 20.7 Å². The van der Waals surface area contributed by atoms with Crippen molar-refractivity contribution in [3.8, 4) is 0 Å². The zero-order chi connectivity index (χ0) is 26.4. The van der Waals surface area contributed by atoms with E-state index in [1.807, 2.05) is 17.0 Å². The fourth-order valence-electron chi connectivity index (χ4n) is 6.24. The molecule has 3 aliphatic rings. The van der Waals surface area contributed by atoms with Crippen molar-refractivity contribution in [1.82, 2.24) is 9.80 Å². The summed E-state index contributed by atoms with van der Waals surface area (Å²) in [6.07, 6.45) is 9.06. The Bertz CT molecular complexity index is 1010. The van der Waals surface area contributed by atoms with E-state index in [1.165, 1.54) is 5.57 Å². The molecule has 0 radical (unpaired) electrons. The van der Waals surface area contributed by atoms with Gasteiger partial charge >= 0.3 is 5.97 Å². The third kappa shape index (κ3) is 6.44. The van der Waals surface area contributed by atoms with Gasteiger partial charge in [0, 0.05) is 38.7 Å². The molecule has 2 heterocycles. The van der Waals surface area contributed by atoms with Gasteiger partial charge in [-0.05, 0) is 67.2 Å². The van der Waals surface area contributed by atoms with Gasteiger partial charge in [-0.2, -0.15) is 0 Å². The first-order valence-electron chi connectivity index (χ1n) is 13.9. The Morgan fingerprint density at radius 2 is 1.97 bits per heavy atom. The fourth-order valence-corrected chi connectivity index (χ4v) is 6.24. The van der Waals surface area contributed by atoms with E-state index in [4.69, 9.17) is 4.74 Å². The van der Waals surface area contributed by atoms with Crippen molar-refractivity contribution in [1.29, 1.82) is 0 Å². The van der Waals surface area contributed by atoms with E-state index in [9.17, 15) is 19.8 Å². The second-order valence-electron chi connectivity index (χ2n) is 10.7. The van der Waals surface area contributed by atoms with Gasteiger partial charge in [0.1, 0.15) is 5.76 Å². The lowest BCUT2D eigenvalue weighted by Crippen LogP contribution is -2.45. The van der Waals surface area contributed by atoms with Crippen LogP contribution >= 0.6 is 0 Å². The smallest absolute Gasteiger partial charge is 0.308 e. The molecule has 7 heteroatoms. The van der Waals surface area contributed by atoms with Gasteiger partial charge in [0.05, 0.1) is 19.1 Å². The molecule has 0 spiro atoms. The van der Waals surface area contributed by atoms with Crippen LogP contribution < -0.4 is 0 Å². The molecule has 1 aromatic carbocycles. The Balaban J connectivity index is 1.60. The van der Waals surface area contributed by atoms with Gasteiger partial charge in [-0.25, -0.2) is 0 Å². The van der Waals surface area contributed by atoms with Crippen molar-refractivity contribution in [3.63, 3.8) is 0 Å². The Morgan fingerprint density at radius 1 is 1.19 bits per heavy atom. The molecule has 1 amide bonds. The van der Waals surface area contributed by atoms with Crippen LogP contribution in [0.25, 0.3) is 0 Å². The zero-order valence-electron chi connectivity index (χ0n) is 22.3.